The predicted molar refractivity (Wildman–Crippen MR) is 199 cm³/mol. The second-order valence-electron chi connectivity index (χ2n) is 17.1. The van der Waals surface area contributed by atoms with Gasteiger partial charge in [0.1, 0.15) is 8.07 Å². The Bertz CT molecular complexity index is 1340. The van der Waals surface area contributed by atoms with E-state index >= 15 is 0 Å². The van der Waals surface area contributed by atoms with E-state index in [1.165, 1.54) is 65.5 Å². The second kappa shape index (κ2) is 12.2. The maximum atomic E-state index is 8.41. The fraction of sp³-hybridized carbons (Fsp3) is 0.568. The second-order valence-corrected chi connectivity index (χ2v) is 34.6. The van der Waals surface area contributed by atoms with Crippen LogP contribution in [0.5, 0.6) is 0 Å². The number of allylic oxidation sites excluding steroid dienone is 3. The van der Waals surface area contributed by atoms with Crippen molar-refractivity contribution >= 4 is 59.1 Å². The van der Waals surface area contributed by atoms with Gasteiger partial charge in [0, 0.05) is 16.1 Å². The van der Waals surface area contributed by atoms with Crippen LogP contribution >= 0.6 is 23.2 Å². The summed E-state index contributed by atoms with van der Waals surface area (Å²) in [5.41, 5.74) is 8.62. The third-order valence-corrected chi connectivity index (χ3v) is 21.1. The van der Waals surface area contributed by atoms with Gasteiger partial charge < -0.3 is 0 Å². The molecule has 3 atom stereocenters. The number of unbranched alkanes of at least 4 members (excludes halogenated alkanes) is 3. The van der Waals surface area contributed by atoms with E-state index in [0.717, 1.165) is 18.1 Å². The van der Waals surface area contributed by atoms with Crippen molar-refractivity contribution in [3.63, 3.8) is 0 Å². The lowest BCUT2D eigenvalue weighted by Crippen LogP contribution is -2.62. The van der Waals surface area contributed by atoms with Crippen molar-refractivity contribution in [1.29, 1.82) is 0 Å². The van der Waals surface area contributed by atoms with Gasteiger partial charge in [-0.3, -0.25) is 0 Å². The molecule has 0 fully saturated rings. The van der Waals surface area contributed by atoms with Crippen molar-refractivity contribution in [2.45, 2.75) is 126 Å². The van der Waals surface area contributed by atoms with Crippen LogP contribution in [0.4, 0.5) is 0 Å². The third kappa shape index (κ3) is 6.86. The molecule has 0 bridgehead atoms. The van der Waals surface area contributed by atoms with Crippen molar-refractivity contribution in [2.75, 3.05) is 0 Å². The Hall–Kier alpha value is -0.849. The van der Waals surface area contributed by atoms with Gasteiger partial charge in [0.05, 0.1) is 8.99 Å². The van der Waals surface area contributed by atoms with Crippen LogP contribution in [0.3, 0.4) is 0 Å². The molecule has 0 nitrogen and oxygen atoms in total. The number of fused-ring (bicyclic) bond motifs is 2. The Kier molecular flexibility index (Phi) is 9.85. The maximum Gasteiger partial charge on any atom is 0.119 e. The Morgan fingerprint density at radius 3 is 1.88 bits per heavy atom. The molecule has 230 valence electrons. The van der Waals surface area contributed by atoms with Crippen molar-refractivity contribution < 1.29 is 0 Å². The highest BCUT2D eigenvalue weighted by Crippen LogP contribution is 2.64. The van der Waals surface area contributed by atoms with E-state index in [4.69, 9.17) is 23.2 Å². The topological polar surface area (TPSA) is 0 Å². The first-order valence-electron chi connectivity index (χ1n) is 16.3. The highest BCUT2D eigenvalue weighted by molar-refractivity contribution is 6.96. The first-order chi connectivity index (χ1) is 19.3. The first-order valence-corrected chi connectivity index (χ1v) is 27.2. The van der Waals surface area contributed by atoms with Crippen LogP contribution in [0.15, 0.2) is 60.2 Å². The van der Waals surface area contributed by atoms with Crippen LogP contribution in [0, 0.1) is 5.41 Å². The van der Waals surface area contributed by atoms with Crippen LogP contribution in [0.25, 0.3) is 11.6 Å². The average Bonchev–Trinajstić information content (AvgIpc) is 3.31. The zero-order valence-electron chi connectivity index (χ0n) is 28.2. The zero-order chi connectivity index (χ0) is 31.2. The number of hydrogen-bond donors (Lipinski definition) is 0. The molecule has 2 aliphatic rings. The van der Waals surface area contributed by atoms with Crippen LogP contribution in [-0.4, -0.2) is 24.2 Å². The minimum absolute atomic E-state index is 0.402. The molecule has 0 saturated carbocycles. The third-order valence-electron chi connectivity index (χ3n) is 9.50. The van der Waals surface area contributed by atoms with Gasteiger partial charge in [-0.1, -0.05) is 165 Å². The lowest BCUT2D eigenvalue weighted by Gasteiger charge is -2.51. The molecule has 42 heavy (non-hydrogen) atoms. The molecular formula is C37H56Cl2Si3. The summed E-state index contributed by atoms with van der Waals surface area (Å²) in [4.78, 5) is 0. The highest BCUT2D eigenvalue weighted by atomic mass is 35.5. The van der Waals surface area contributed by atoms with E-state index in [9.17, 15) is 0 Å². The van der Waals surface area contributed by atoms with Crippen LogP contribution < -0.4 is 0 Å². The van der Waals surface area contributed by atoms with Gasteiger partial charge in [-0.25, -0.2) is 0 Å². The molecule has 2 aliphatic carbocycles. The molecule has 5 heteroatoms. The zero-order valence-corrected chi connectivity index (χ0v) is 32.7. The van der Waals surface area contributed by atoms with Crippen molar-refractivity contribution in [3.05, 3.63) is 82.4 Å². The summed E-state index contributed by atoms with van der Waals surface area (Å²) in [7, 11) is -5.42. The van der Waals surface area contributed by atoms with Crippen LogP contribution in [-0.2, 0) is 8.99 Å². The molecule has 2 aromatic carbocycles. The monoisotopic (exact) mass is 654 g/mol. The first kappa shape index (κ1) is 34.0. The van der Waals surface area contributed by atoms with Crippen LogP contribution in [0.1, 0.15) is 75.1 Å². The van der Waals surface area contributed by atoms with Gasteiger partial charge in [-0.2, -0.15) is 0 Å². The van der Waals surface area contributed by atoms with Gasteiger partial charge >= 0.3 is 0 Å². The van der Waals surface area contributed by atoms with Gasteiger partial charge in [-0.05, 0) is 51.8 Å². The Morgan fingerprint density at radius 2 is 1.26 bits per heavy atom. The molecule has 4 rings (SSSR count). The van der Waals surface area contributed by atoms with Crippen molar-refractivity contribution in [3.8, 4) is 0 Å². The summed E-state index contributed by atoms with van der Waals surface area (Å²) < 4.78 is -1.09. The fourth-order valence-electron chi connectivity index (χ4n) is 7.53. The molecule has 0 heterocycles. The van der Waals surface area contributed by atoms with Crippen molar-refractivity contribution in [2.24, 2.45) is 5.41 Å². The molecule has 0 saturated heterocycles. The fourth-order valence-corrected chi connectivity index (χ4v) is 18.1. The summed E-state index contributed by atoms with van der Waals surface area (Å²) in [5, 5.41) is 0. The largest absolute Gasteiger partial charge is 0.119 e. The Morgan fingerprint density at radius 1 is 0.690 bits per heavy atom. The predicted octanol–water partition coefficient (Wildman–Crippen LogP) is 12.9. The number of halogens is 2. The summed E-state index contributed by atoms with van der Waals surface area (Å²) >= 11 is 16.7. The number of rotatable bonds is 12. The SMILES string of the molecule is CC(C)(C)CCCCCC[Si](C)(C1(Cl)C=C(C[Si](C)(C)C)c2ccccc21)C1(Cl)C(C[Si](C)(C)C)=Cc2ccccc21. The number of hydrogen-bond acceptors (Lipinski definition) is 0. The van der Waals surface area contributed by atoms with E-state index in [-0.39, 0.29) is 0 Å². The maximum absolute atomic E-state index is 8.41. The van der Waals surface area contributed by atoms with E-state index in [0.29, 0.717) is 5.41 Å². The van der Waals surface area contributed by atoms with E-state index in [1.807, 2.05) is 0 Å². The summed E-state index contributed by atoms with van der Waals surface area (Å²) in [6.45, 7) is 24.5. The van der Waals surface area contributed by atoms with Gasteiger partial charge in [0.25, 0.3) is 0 Å². The molecule has 0 aliphatic heterocycles. The van der Waals surface area contributed by atoms with Crippen molar-refractivity contribution in [1.82, 2.24) is 0 Å². The minimum Gasteiger partial charge on any atom is -0.113 e. The summed E-state index contributed by atoms with van der Waals surface area (Å²) in [6, 6.07) is 21.4. The van der Waals surface area contributed by atoms with E-state index in [2.05, 4.69) is 127 Å². The molecule has 0 amide bonds. The molecule has 3 unspecified atom stereocenters. The van der Waals surface area contributed by atoms with E-state index < -0.39 is 33.2 Å². The van der Waals surface area contributed by atoms with Crippen LogP contribution in [0.2, 0.25) is 64.0 Å². The normalized spacial score (nSPS) is 23.7. The molecule has 2 aromatic rings. The highest BCUT2D eigenvalue weighted by Gasteiger charge is 2.65. The minimum atomic E-state index is -2.59. The number of alkyl halides is 2. The lowest BCUT2D eigenvalue weighted by molar-refractivity contribution is 0.357. The quantitative estimate of drug-likeness (QED) is 0.121. The molecule has 0 N–H and O–H groups in total. The standard InChI is InChI=1S/C37H56Cl2Si3/c1-35(2,3)23-17-11-12-18-24-42(10,36(38)26-30(27-40(4,5)6)32-20-14-16-22-34(32)36)37(39)31(28-41(7,8)9)25-29-19-13-15-21-33(29)37/h13-16,19-22,25-26H,11-12,17-18,23-24,27-28H2,1-10H3. The van der Waals surface area contributed by atoms with Gasteiger partial charge in [-0.15, -0.1) is 23.2 Å². The Balaban J connectivity index is 1.86. The van der Waals surface area contributed by atoms with Gasteiger partial charge in [0.2, 0.25) is 0 Å². The smallest absolute Gasteiger partial charge is 0.113 e. The molecular weight excluding hydrogens is 600 g/mol. The number of benzene rings is 2. The average molecular weight is 656 g/mol. The summed E-state index contributed by atoms with van der Waals surface area (Å²) in [5.74, 6) is 0. The molecule has 0 radical (unpaired) electrons. The van der Waals surface area contributed by atoms with Gasteiger partial charge in [0.15, 0.2) is 0 Å². The molecule has 0 spiro atoms. The molecule has 0 aromatic heterocycles. The van der Waals surface area contributed by atoms with E-state index in [1.54, 1.807) is 0 Å². The Labute approximate surface area is 271 Å². The summed E-state index contributed by atoms with van der Waals surface area (Å²) in [6.07, 6.45) is 11.3. The lowest BCUT2D eigenvalue weighted by atomic mass is 9.89.